The molecule has 0 atom stereocenters. The number of terminal acetylenes is 1. The topological polar surface area (TPSA) is 36.9 Å². The zero-order chi connectivity index (χ0) is 12.6. The van der Waals surface area contributed by atoms with Crippen LogP contribution in [0.25, 0.3) is 0 Å². The summed E-state index contributed by atoms with van der Waals surface area (Å²) in [6.45, 7) is 3.13. The van der Waals surface area contributed by atoms with Gasteiger partial charge in [0, 0.05) is 5.56 Å². The van der Waals surface area contributed by atoms with Gasteiger partial charge in [0.25, 0.3) is 0 Å². The first kappa shape index (κ1) is 12.7. The Bertz CT molecular complexity index is 422. The van der Waals surface area contributed by atoms with Crippen LogP contribution in [-0.4, -0.2) is 39.6 Å². The van der Waals surface area contributed by atoms with Crippen molar-refractivity contribution in [1.82, 2.24) is 0 Å². The molecule has 96 valence electrons. The van der Waals surface area contributed by atoms with Crippen LogP contribution >= 0.6 is 0 Å². The normalized spacial score (nSPS) is 17.1. The second kappa shape index (κ2) is 6.90. The van der Waals surface area contributed by atoms with Gasteiger partial charge in [0.2, 0.25) is 0 Å². The molecule has 0 fully saturated rings. The van der Waals surface area contributed by atoms with Gasteiger partial charge < -0.3 is 18.9 Å². The number of hydrogen-bond donors (Lipinski definition) is 0. The van der Waals surface area contributed by atoms with Crippen molar-refractivity contribution in [2.45, 2.75) is 0 Å². The summed E-state index contributed by atoms with van der Waals surface area (Å²) < 4.78 is 21.9. The van der Waals surface area contributed by atoms with E-state index in [4.69, 9.17) is 25.4 Å². The van der Waals surface area contributed by atoms with Gasteiger partial charge in [-0.3, -0.25) is 0 Å². The van der Waals surface area contributed by atoms with E-state index in [0.717, 1.165) is 5.56 Å². The fourth-order valence-electron chi connectivity index (χ4n) is 1.57. The lowest BCUT2D eigenvalue weighted by Gasteiger charge is -2.15. The van der Waals surface area contributed by atoms with Gasteiger partial charge in [0.15, 0.2) is 11.5 Å². The predicted octanol–water partition coefficient (Wildman–Crippen LogP) is 1.47. The number of rotatable bonds is 0. The van der Waals surface area contributed by atoms with Crippen molar-refractivity contribution in [2.75, 3.05) is 39.6 Å². The van der Waals surface area contributed by atoms with E-state index < -0.39 is 0 Å². The van der Waals surface area contributed by atoms with E-state index in [-0.39, 0.29) is 0 Å². The van der Waals surface area contributed by atoms with E-state index >= 15 is 0 Å². The Labute approximate surface area is 107 Å². The Hall–Kier alpha value is -1.70. The molecule has 18 heavy (non-hydrogen) atoms. The predicted molar refractivity (Wildman–Crippen MR) is 67.0 cm³/mol. The molecule has 0 radical (unpaired) electrons. The zero-order valence-electron chi connectivity index (χ0n) is 10.2. The molecule has 0 unspecified atom stereocenters. The third kappa shape index (κ3) is 3.66. The van der Waals surface area contributed by atoms with Gasteiger partial charge in [-0.25, -0.2) is 0 Å². The van der Waals surface area contributed by atoms with Gasteiger partial charge in [-0.1, -0.05) is 5.92 Å². The third-order valence-electron chi connectivity index (χ3n) is 2.45. The van der Waals surface area contributed by atoms with Crippen LogP contribution in [0.1, 0.15) is 5.56 Å². The van der Waals surface area contributed by atoms with Crippen LogP contribution in [0.4, 0.5) is 0 Å². The van der Waals surface area contributed by atoms with E-state index in [1.165, 1.54) is 0 Å². The number of ether oxygens (including phenoxy) is 4. The molecule has 1 aromatic rings. The average Bonchev–Trinajstić information content (AvgIpc) is 2.39. The Morgan fingerprint density at radius 3 is 2.11 bits per heavy atom. The lowest BCUT2D eigenvalue weighted by Crippen LogP contribution is -2.15. The number of fused-ring (bicyclic) bond motifs is 1. The molecule has 0 aliphatic carbocycles. The largest absolute Gasteiger partial charge is 0.487 e. The minimum atomic E-state index is 0.463. The maximum Gasteiger partial charge on any atom is 0.162 e. The summed E-state index contributed by atoms with van der Waals surface area (Å²) in [5, 5.41) is 0. The van der Waals surface area contributed by atoms with E-state index in [2.05, 4.69) is 5.92 Å². The van der Waals surface area contributed by atoms with Crippen LogP contribution in [0, 0.1) is 12.3 Å². The summed E-state index contributed by atoms with van der Waals surface area (Å²) in [7, 11) is 0. The molecule has 1 aromatic carbocycles. The van der Waals surface area contributed by atoms with Gasteiger partial charge in [-0.2, -0.15) is 0 Å². The molecule has 0 amide bonds. The van der Waals surface area contributed by atoms with Crippen molar-refractivity contribution in [3.63, 3.8) is 0 Å². The summed E-state index contributed by atoms with van der Waals surface area (Å²) in [4.78, 5) is 0. The van der Waals surface area contributed by atoms with Crippen molar-refractivity contribution in [1.29, 1.82) is 0 Å². The molecule has 1 aliphatic heterocycles. The SMILES string of the molecule is C#Cc1ccc2c(c1)OCCOCCOCCO2. The summed E-state index contributed by atoms with van der Waals surface area (Å²) in [5.41, 5.74) is 0.765. The van der Waals surface area contributed by atoms with Crippen molar-refractivity contribution in [2.24, 2.45) is 0 Å². The molecule has 0 saturated heterocycles. The smallest absolute Gasteiger partial charge is 0.162 e. The minimum absolute atomic E-state index is 0.463. The first-order chi connectivity index (χ1) is 8.90. The Kier molecular flexibility index (Phi) is 4.88. The lowest BCUT2D eigenvalue weighted by molar-refractivity contribution is 0.0223. The second-order valence-corrected chi connectivity index (χ2v) is 3.73. The molecule has 1 aliphatic rings. The highest BCUT2D eigenvalue weighted by molar-refractivity contribution is 5.47. The van der Waals surface area contributed by atoms with Gasteiger partial charge >= 0.3 is 0 Å². The molecular weight excluding hydrogens is 232 g/mol. The number of benzene rings is 1. The van der Waals surface area contributed by atoms with Crippen LogP contribution < -0.4 is 9.47 Å². The second-order valence-electron chi connectivity index (χ2n) is 3.73. The Morgan fingerprint density at radius 2 is 1.44 bits per heavy atom. The minimum Gasteiger partial charge on any atom is -0.487 e. The van der Waals surface area contributed by atoms with Crippen LogP contribution in [0.15, 0.2) is 18.2 Å². The van der Waals surface area contributed by atoms with Crippen LogP contribution in [0.5, 0.6) is 11.5 Å². The van der Waals surface area contributed by atoms with Gasteiger partial charge in [0.1, 0.15) is 13.2 Å². The maximum absolute atomic E-state index is 5.62. The first-order valence-corrected chi connectivity index (χ1v) is 5.92. The van der Waals surface area contributed by atoms with Crippen molar-refractivity contribution >= 4 is 0 Å². The van der Waals surface area contributed by atoms with Gasteiger partial charge in [0.05, 0.1) is 26.4 Å². The van der Waals surface area contributed by atoms with Crippen molar-refractivity contribution in [3.8, 4) is 23.8 Å². The summed E-state index contributed by atoms with van der Waals surface area (Å²) in [5.74, 6) is 3.90. The lowest BCUT2D eigenvalue weighted by atomic mass is 10.2. The molecule has 4 nitrogen and oxygen atoms in total. The van der Waals surface area contributed by atoms with Crippen molar-refractivity contribution < 1.29 is 18.9 Å². The molecule has 0 bridgehead atoms. The summed E-state index contributed by atoms with van der Waals surface area (Å²) in [6, 6.07) is 5.44. The molecule has 2 rings (SSSR count). The monoisotopic (exact) mass is 248 g/mol. The van der Waals surface area contributed by atoms with Crippen LogP contribution in [-0.2, 0) is 9.47 Å². The zero-order valence-corrected chi connectivity index (χ0v) is 10.2. The Morgan fingerprint density at radius 1 is 0.833 bits per heavy atom. The molecule has 0 spiro atoms. The standard InChI is InChI=1S/C14H16O4/c1-2-12-3-4-13-14(11-12)18-10-8-16-6-5-15-7-9-17-13/h1,3-4,11H,5-10H2. The fraction of sp³-hybridized carbons (Fsp3) is 0.429. The third-order valence-corrected chi connectivity index (χ3v) is 2.45. The molecular formula is C14H16O4. The maximum atomic E-state index is 5.62. The van der Waals surface area contributed by atoms with E-state index in [1.807, 2.05) is 12.1 Å². The van der Waals surface area contributed by atoms with E-state index in [0.29, 0.717) is 51.1 Å². The summed E-state index contributed by atoms with van der Waals surface area (Å²) >= 11 is 0. The Balaban J connectivity index is 2.10. The average molecular weight is 248 g/mol. The van der Waals surface area contributed by atoms with E-state index in [1.54, 1.807) is 6.07 Å². The highest BCUT2D eigenvalue weighted by Gasteiger charge is 2.07. The quantitative estimate of drug-likeness (QED) is 0.652. The fourth-order valence-corrected chi connectivity index (χ4v) is 1.57. The molecule has 4 heteroatoms. The van der Waals surface area contributed by atoms with Gasteiger partial charge in [-0.05, 0) is 18.2 Å². The first-order valence-electron chi connectivity index (χ1n) is 5.92. The molecule has 0 N–H and O–H groups in total. The van der Waals surface area contributed by atoms with Crippen molar-refractivity contribution in [3.05, 3.63) is 23.8 Å². The highest BCUT2D eigenvalue weighted by atomic mass is 16.6. The molecule has 0 aromatic heterocycles. The number of hydrogen-bond acceptors (Lipinski definition) is 4. The molecule has 0 saturated carbocycles. The van der Waals surface area contributed by atoms with Crippen LogP contribution in [0.3, 0.4) is 0 Å². The van der Waals surface area contributed by atoms with Crippen LogP contribution in [0.2, 0.25) is 0 Å². The molecule has 1 heterocycles. The summed E-state index contributed by atoms with van der Waals surface area (Å²) in [6.07, 6.45) is 5.36. The highest BCUT2D eigenvalue weighted by Crippen LogP contribution is 2.28. The van der Waals surface area contributed by atoms with Gasteiger partial charge in [-0.15, -0.1) is 6.42 Å². The van der Waals surface area contributed by atoms with E-state index in [9.17, 15) is 0 Å².